The van der Waals surface area contributed by atoms with Crippen LogP contribution < -0.4 is 0 Å². The van der Waals surface area contributed by atoms with Gasteiger partial charge in [0, 0.05) is 23.9 Å². The summed E-state index contributed by atoms with van der Waals surface area (Å²) in [6.07, 6.45) is 2.13. The van der Waals surface area contributed by atoms with Crippen molar-refractivity contribution in [1.29, 1.82) is 0 Å². The third-order valence-corrected chi connectivity index (χ3v) is 5.16. The number of rotatable bonds is 5. The first-order chi connectivity index (χ1) is 14.4. The first-order valence-electron chi connectivity index (χ1n) is 9.75. The predicted octanol–water partition coefficient (Wildman–Crippen LogP) is 5.13. The van der Waals surface area contributed by atoms with Gasteiger partial charge >= 0.3 is 0 Å². The third-order valence-electron chi connectivity index (χ3n) is 5.16. The fourth-order valence-electron chi connectivity index (χ4n) is 3.86. The van der Waals surface area contributed by atoms with Crippen LogP contribution in [0.3, 0.4) is 0 Å². The summed E-state index contributed by atoms with van der Waals surface area (Å²) in [6.45, 7) is 0.540. The average Bonchev–Trinajstić information content (AvgIpc) is 3.33. The van der Waals surface area contributed by atoms with Crippen molar-refractivity contribution < 1.29 is 5.11 Å². The van der Waals surface area contributed by atoms with Crippen LogP contribution in [0, 0.1) is 0 Å². The molecule has 0 fully saturated rings. The molecule has 0 saturated heterocycles. The molecule has 4 heteroatoms. The first kappa shape index (κ1) is 17.5. The van der Waals surface area contributed by atoms with Crippen molar-refractivity contribution in [2.24, 2.45) is 0 Å². The van der Waals surface area contributed by atoms with E-state index in [1.165, 1.54) is 0 Å². The molecule has 1 N–H and O–H groups in total. The van der Waals surface area contributed by atoms with Crippen LogP contribution in [-0.2, 0) is 6.54 Å². The molecule has 5 rings (SSSR count). The molecule has 2 heterocycles. The van der Waals surface area contributed by atoms with Gasteiger partial charge in [-0.1, -0.05) is 91.0 Å². The van der Waals surface area contributed by atoms with E-state index in [1.54, 1.807) is 0 Å². The van der Waals surface area contributed by atoms with Gasteiger partial charge in [-0.2, -0.15) is 0 Å². The van der Waals surface area contributed by atoms with E-state index in [1.807, 2.05) is 54.6 Å². The molecule has 0 amide bonds. The number of aliphatic hydroxyl groups is 1. The Labute approximate surface area is 169 Å². The maximum Gasteiger partial charge on any atom is 0.215 e. The number of fused-ring (bicyclic) bond motifs is 1. The highest BCUT2D eigenvalue weighted by molar-refractivity contribution is 5.82. The zero-order valence-corrected chi connectivity index (χ0v) is 15.9. The quantitative estimate of drug-likeness (QED) is 0.460. The highest BCUT2D eigenvalue weighted by Gasteiger charge is 2.21. The molecule has 0 aliphatic carbocycles. The van der Waals surface area contributed by atoms with Gasteiger partial charge in [-0.05, 0) is 5.56 Å². The van der Waals surface area contributed by atoms with Gasteiger partial charge in [0.2, 0.25) is 5.78 Å². The second-order valence-electron chi connectivity index (χ2n) is 6.97. The minimum absolute atomic E-state index is 0.0539. The number of benzene rings is 3. The highest BCUT2D eigenvalue weighted by Crippen LogP contribution is 2.35. The van der Waals surface area contributed by atoms with Crippen LogP contribution in [0.5, 0.6) is 0 Å². The highest BCUT2D eigenvalue weighted by atomic mass is 16.3. The Morgan fingerprint density at radius 2 is 1.24 bits per heavy atom. The van der Waals surface area contributed by atoms with E-state index in [0.29, 0.717) is 6.54 Å². The lowest BCUT2D eigenvalue weighted by atomic mass is 10.0. The summed E-state index contributed by atoms with van der Waals surface area (Å²) < 4.78 is 4.24. The van der Waals surface area contributed by atoms with Gasteiger partial charge in [0.15, 0.2) is 0 Å². The van der Waals surface area contributed by atoms with Gasteiger partial charge in [-0.3, -0.25) is 4.40 Å². The smallest absolute Gasteiger partial charge is 0.215 e. The Hall–Kier alpha value is -3.63. The van der Waals surface area contributed by atoms with Crippen molar-refractivity contribution in [3.8, 4) is 33.8 Å². The van der Waals surface area contributed by atoms with Crippen LogP contribution in [0.2, 0.25) is 0 Å². The Bertz CT molecular complexity index is 1240. The minimum Gasteiger partial charge on any atom is -0.395 e. The molecule has 2 aromatic heterocycles. The van der Waals surface area contributed by atoms with Crippen molar-refractivity contribution in [1.82, 2.24) is 14.0 Å². The van der Waals surface area contributed by atoms with Crippen LogP contribution in [0.1, 0.15) is 0 Å². The molecular formula is C25H21N3O. The van der Waals surface area contributed by atoms with E-state index >= 15 is 0 Å². The summed E-state index contributed by atoms with van der Waals surface area (Å²) in [7, 11) is 0. The van der Waals surface area contributed by atoms with Gasteiger partial charge in [-0.15, -0.1) is 0 Å². The number of imidazole rings is 2. The summed E-state index contributed by atoms with van der Waals surface area (Å²) >= 11 is 0. The molecule has 4 nitrogen and oxygen atoms in total. The van der Waals surface area contributed by atoms with Crippen LogP contribution in [-0.4, -0.2) is 25.7 Å². The normalized spacial score (nSPS) is 11.2. The largest absolute Gasteiger partial charge is 0.395 e. The van der Waals surface area contributed by atoms with Gasteiger partial charge in [-0.25, -0.2) is 4.98 Å². The molecule has 0 bridgehead atoms. The monoisotopic (exact) mass is 379 g/mol. The molecule has 5 aromatic rings. The van der Waals surface area contributed by atoms with E-state index in [0.717, 1.165) is 39.5 Å². The average molecular weight is 379 g/mol. The predicted molar refractivity (Wildman–Crippen MR) is 117 cm³/mol. The molecule has 0 spiro atoms. The molecule has 142 valence electrons. The standard InChI is InChI=1S/C25H21N3O/c29-17-16-27-22(19-10-4-1-5-11-19)18-28-24(21-14-8-3-9-15-21)23(26-25(27)28)20-12-6-2-7-13-20/h1-15,18,29H,16-17H2. The number of nitrogens with zero attached hydrogens (tertiary/aromatic N) is 3. The minimum atomic E-state index is 0.0539. The lowest BCUT2D eigenvalue weighted by molar-refractivity contribution is 0.278. The summed E-state index contributed by atoms with van der Waals surface area (Å²) in [4.78, 5) is 5.04. The lowest BCUT2D eigenvalue weighted by Gasteiger charge is -2.07. The van der Waals surface area contributed by atoms with E-state index in [-0.39, 0.29) is 6.61 Å². The maximum atomic E-state index is 9.72. The van der Waals surface area contributed by atoms with E-state index < -0.39 is 0 Å². The van der Waals surface area contributed by atoms with Crippen LogP contribution >= 0.6 is 0 Å². The Morgan fingerprint density at radius 3 is 1.83 bits per heavy atom. The van der Waals surface area contributed by atoms with Gasteiger partial charge in [0.1, 0.15) is 0 Å². The molecule has 0 saturated carbocycles. The summed E-state index contributed by atoms with van der Waals surface area (Å²) in [6, 6.07) is 30.8. The van der Waals surface area contributed by atoms with E-state index in [9.17, 15) is 5.11 Å². The zero-order chi connectivity index (χ0) is 19.6. The molecule has 0 radical (unpaired) electrons. The number of aromatic nitrogens is 3. The summed E-state index contributed by atoms with van der Waals surface area (Å²) in [5.41, 5.74) is 6.33. The van der Waals surface area contributed by atoms with Gasteiger partial charge in [0.05, 0.1) is 23.7 Å². The number of hydrogen-bond donors (Lipinski definition) is 1. The van der Waals surface area contributed by atoms with Crippen molar-refractivity contribution >= 4 is 5.78 Å². The fraction of sp³-hybridized carbons (Fsp3) is 0.0800. The molecule has 0 aliphatic rings. The summed E-state index contributed by atoms with van der Waals surface area (Å²) in [5, 5.41) is 9.72. The molecule has 0 unspecified atom stereocenters. The number of hydrogen-bond acceptors (Lipinski definition) is 2. The zero-order valence-electron chi connectivity index (χ0n) is 15.9. The molecule has 0 atom stereocenters. The maximum absolute atomic E-state index is 9.72. The molecule has 29 heavy (non-hydrogen) atoms. The Kier molecular flexibility index (Phi) is 4.47. The van der Waals surface area contributed by atoms with Crippen LogP contribution in [0.25, 0.3) is 39.5 Å². The molecular weight excluding hydrogens is 358 g/mol. The van der Waals surface area contributed by atoms with Crippen molar-refractivity contribution in [3.63, 3.8) is 0 Å². The molecule has 3 aromatic carbocycles. The Balaban J connectivity index is 1.83. The number of aliphatic hydroxyl groups excluding tert-OH is 1. The second kappa shape index (κ2) is 7.41. The SMILES string of the molecule is OCCn1c(-c2ccccc2)cn2c(-c3ccccc3)c(-c3ccccc3)nc12. The second-order valence-corrected chi connectivity index (χ2v) is 6.97. The van der Waals surface area contributed by atoms with E-state index in [2.05, 4.69) is 51.6 Å². The third kappa shape index (κ3) is 3.04. The van der Waals surface area contributed by atoms with Gasteiger partial charge < -0.3 is 9.67 Å². The first-order valence-corrected chi connectivity index (χ1v) is 9.75. The Morgan fingerprint density at radius 1 is 0.690 bits per heavy atom. The fourth-order valence-corrected chi connectivity index (χ4v) is 3.86. The van der Waals surface area contributed by atoms with Crippen molar-refractivity contribution in [2.75, 3.05) is 6.61 Å². The van der Waals surface area contributed by atoms with Crippen molar-refractivity contribution in [2.45, 2.75) is 6.54 Å². The van der Waals surface area contributed by atoms with Crippen LogP contribution in [0.15, 0.2) is 97.2 Å². The van der Waals surface area contributed by atoms with Crippen molar-refractivity contribution in [3.05, 3.63) is 97.2 Å². The van der Waals surface area contributed by atoms with Gasteiger partial charge in [0.25, 0.3) is 0 Å². The molecule has 0 aliphatic heterocycles. The topological polar surface area (TPSA) is 42.5 Å². The lowest BCUT2D eigenvalue weighted by Crippen LogP contribution is -2.04. The van der Waals surface area contributed by atoms with Crippen LogP contribution in [0.4, 0.5) is 0 Å². The summed E-state index contributed by atoms with van der Waals surface area (Å²) in [5.74, 6) is 0.829. The van der Waals surface area contributed by atoms with E-state index in [4.69, 9.17) is 4.98 Å².